The molecule has 0 atom stereocenters. The quantitative estimate of drug-likeness (QED) is 0.501. The number of rotatable bonds is 8. The first kappa shape index (κ1) is 19.7. The van der Waals surface area contributed by atoms with Crippen molar-refractivity contribution < 1.29 is 8.42 Å². The predicted molar refractivity (Wildman–Crippen MR) is 109 cm³/mol. The van der Waals surface area contributed by atoms with Crippen LogP contribution in [0.4, 0.5) is 17.5 Å². The highest BCUT2D eigenvalue weighted by Gasteiger charge is 2.12. The zero-order chi connectivity index (χ0) is 20.0. The van der Waals surface area contributed by atoms with Crippen LogP contribution >= 0.6 is 0 Å². The summed E-state index contributed by atoms with van der Waals surface area (Å²) >= 11 is 0. The van der Waals surface area contributed by atoms with E-state index in [9.17, 15) is 8.42 Å². The number of aryl methyl sites for hydroxylation is 2. The summed E-state index contributed by atoms with van der Waals surface area (Å²) in [6, 6.07) is 12.3. The normalized spacial score (nSPS) is 11.2. The van der Waals surface area contributed by atoms with Gasteiger partial charge < -0.3 is 10.6 Å². The van der Waals surface area contributed by atoms with Gasteiger partial charge >= 0.3 is 0 Å². The van der Waals surface area contributed by atoms with E-state index in [1.165, 1.54) is 6.33 Å². The Morgan fingerprint density at radius 2 is 1.61 bits per heavy atom. The molecule has 0 spiro atoms. The van der Waals surface area contributed by atoms with Crippen molar-refractivity contribution in [2.75, 3.05) is 23.7 Å². The van der Waals surface area contributed by atoms with E-state index in [4.69, 9.17) is 0 Å². The Kier molecular flexibility index (Phi) is 6.17. The van der Waals surface area contributed by atoms with Crippen LogP contribution in [-0.4, -0.2) is 36.5 Å². The Labute approximate surface area is 164 Å². The van der Waals surface area contributed by atoms with Crippen LogP contribution in [0.1, 0.15) is 11.1 Å². The van der Waals surface area contributed by atoms with E-state index in [0.717, 1.165) is 11.1 Å². The van der Waals surface area contributed by atoms with Gasteiger partial charge in [-0.2, -0.15) is 0 Å². The lowest BCUT2D eigenvalue weighted by molar-refractivity contribution is 0.583. The molecular weight excluding hydrogens is 376 g/mol. The maximum Gasteiger partial charge on any atom is 0.240 e. The zero-order valence-electron chi connectivity index (χ0n) is 15.7. The number of sulfonamides is 1. The van der Waals surface area contributed by atoms with Crippen molar-refractivity contribution in [1.29, 1.82) is 0 Å². The molecule has 0 aliphatic rings. The molecule has 3 N–H and O–H groups in total. The number of pyridine rings is 1. The first-order chi connectivity index (χ1) is 13.4. The standard InChI is InChI=1S/C19H22N6O2S/c1-14-4-3-5-16(10-14)28(26,27)24-9-8-21-17-12-19(23-13-22-17)25-18-11-15(2)6-7-20-18/h3-7,10-13,24H,8-9H2,1-2H3,(H2,20,21,22,23,25). The molecule has 0 radical (unpaired) electrons. The van der Waals surface area contributed by atoms with Gasteiger partial charge in [0.25, 0.3) is 0 Å². The van der Waals surface area contributed by atoms with Gasteiger partial charge in [-0.3, -0.25) is 0 Å². The molecule has 2 aromatic heterocycles. The molecule has 28 heavy (non-hydrogen) atoms. The van der Waals surface area contributed by atoms with E-state index < -0.39 is 10.0 Å². The summed E-state index contributed by atoms with van der Waals surface area (Å²) in [6.45, 7) is 4.44. The third-order valence-corrected chi connectivity index (χ3v) is 5.32. The van der Waals surface area contributed by atoms with Crippen LogP contribution in [0.15, 0.2) is 59.9 Å². The molecule has 146 valence electrons. The summed E-state index contributed by atoms with van der Waals surface area (Å²) in [4.78, 5) is 12.8. The van der Waals surface area contributed by atoms with Crippen LogP contribution in [0.5, 0.6) is 0 Å². The lowest BCUT2D eigenvalue weighted by Gasteiger charge is -2.10. The number of benzene rings is 1. The third-order valence-electron chi connectivity index (χ3n) is 3.86. The van der Waals surface area contributed by atoms with Gasteiger partial charge in [0.2, 0.25) is 10.0 Å². The monoisotopic (exact) mass is 398 g/mol. The Morgan fingerprint density at radius 3 is 2.39 bits per heavy atom. The second-order valence-corrected chi connectivity index (χ2v) is 8.04. The fourth-order valence-corrected chi connectivity index (χ4v) is 3.64. The van der Waals surface area contributed by atoms with Gasteiger partial charge in [0.15, 0.2) is 0 Å². The summed E-state index contributed by atoms with van der Waals surface area (Å²) in [5, 5.41) is 6.19. The van der Waals surface area contributed by atoms with Gasteiger partial charge in [-0.05, 0) is 49.2 Å². The molecule has 0 bridgehead atoms. The number of hydrogen-bond donors (Lipinski definition) is 3. The first-order valence-corrected chi connectivity index (χ1v) is 10.2. The maximum atomic E-state index is 12.3. The second kappa shape index (κ2) is 8.77. The zero-order valence-corrected chi connectivity index (χ0v) is 16.5. The smallest absolute Gasteiger partial charge is 0.240 e. The topological polar surface area (TPSA) is 109 Å². The van der Waals surface area contributed by atoms with E-state index in [1.54, 1.807) is 30.5 Å². The average molecular weight is 398 g/mol. The van der Waals surface area contributed by atoms with Crippen LogP contribution in [0.3, 0.4) is 0 Å². The average Bonchev–Trinajstić information content (AvgIpc) is 2.66. The fourth-order valence-electron chi connectivity index (χ4n) is 2.50. The molecule has 0 aliphatic heterocycles. The fraction of sp³-hybridized carbons (Fsp3) is 0.211. The van der Waals surface area contributed by atoms with Crippen LogP contribution in [0, 0.1) is 13.8 Å². The second-order valence-electron chi connectivity index (χ2n) is 6.27. The van der Waals surface area contributed by atoms with E-state index in [1.807, 2.05) is 32.0 Å². The molecule has 0 aliphatic carbocycles. The Hall–Kier alpha value is -3.04. The van der Waals surface area contributed by atoms with Crippen molar-refractivity contribution in [2.24, 2.45) is 0 Å². The molecule has 0 amide bonds. The highest BCUT2D eigenvalue weighted by Crippen LogP contribution is 2.15. The Morgan fingerprint density at radius 1 is 0.857 bits per heavy atom. The van der Waals surface area contributed by atoms with Crippen molar-refractivity contribution >= 4 is 27.5 Å². The highest BCUT2D eigenvalue weighted by molar-refractivity contribution is 7.89. The summed E-state index contributed by atoms with van der Waals surface area (Å²) in [6.07, 6.45) is 3.15. The van der Waals surface area contributed by atoms with Gasteiger partial charge in [-0.1, -0.05) is 12.1 Å². The summed E-state index contributed by atoms with van der Waals surface area (Å²) in [5.74, 6) is 1.87. The van der Waals surface area contributed by atoms with Crippen LogP contribution in [-0.2, 0) is 10.0 Å². The van der Waals surface area contributed by atoms with Crippen molar-refractivity contribution in [1.82, 2.24) is 19.7 Å². The van der Waals surface area contributed by atoms with Crippen molar-refractivity contribution in [3.05, 3.63) is 66.1 Å². The summed E-state index contributed by atoms with van der Waals surface area (Å²) in [5.41, 5.74) is 1.98. The maximum absolute atomic E-state index is 12.3. The van der Waals surface area contributed by atoms with E-state index in [-0.39, 0.29) is 11.4 Å². The van der Waals surface area contributed by atoms with E-state index in [2.05, 4.69) is 30.3 Å². The molecular formula is C19H22N6O2S. The van der Waals surface area contributed by atoms with Crippen LogP contribution < -0.4 is 15.4 Å². The predicted octanol–water partition coefficient (Wildman–Crippen LogP) is 2.62. The van der Waals surface area contributed by atoms with Crippen molar-refractivity contribution in [3.8, 4) is 0 Å². The lowest BCUT2D eigenvalue weighted by atomic mass is 10.2. The molecule has 3 aromatic rings. The van der Waals surface area contributed by atoms with Crippen molar-refractivity contribution in [3.63, 3.8) is 0 Å². The Balaban J connectivity index is 1.54. The molecule has 3 rings (SSSR count). The summed E-state index contributed by atoms with van der Waals surface area (Å²) < 4.78 is 27.2. The van der Waals surface area contributed by atoms with Crippen molar-refractivity contribution in [2.45, 2.75) is 18.7 Å². The van der Waals surface area contributed by atoms with E-state index in [0.29, 0.717) is 24.0 Å². The minimum atomic E-state index is -3.53. The van der Waals surface area contributed by atoms with Gasteiger partial charge in [0, 0.05) is 25.4 Å². The highest BCUT2D eigenvalue weighted by atomic mass is 32.2. The first-order valence-electron chi connectivity index (χ1n) is 8.74. The number of hydrogen-bond acceptors (Lipinski definition) is 7. The van der Waals surface area contributed by atoms with Crippen LogP contribution in [0.25, 0.3) is 0 Å². The molecule has 0 saturated carbocycles. The number of aromatic nitrogens is 3. The van der Waals surface area contributed by atoms with Gasteiger partial charge in [0.1, 0.15) is 23.8 Å². The van der Waals surface area contributed by atoms with Gasteiger partial charge in [-0.25, -0.2) is 28.1 Å². The Bertz CT molecular complexity index is 1060. The minimum absolute atomic E-state index is 0.225. The molecule has 0 fully saturated rings. The minimum Gasteiger partial charge on any atom is -0.369 e. The van der Waals surface area contributed by atoms with Gasteiger partial charge in [0.05, 0.1) is 4.90 Å². The van der Waals surface area contributed by atoms with Gasteiger partial charge in [-0.15, -0.1) is 0 Å². The molecule has 8 nitrogen and oxygen atoms in total. The largest absolute Gasteiger partial charge is 0.369 e. The molecule has 9 heteroatoms. The lowest BCUT2D eigenvalue weighted by Crippen LogP contribution is -2.29. The van der Waals surface area contributed by atoms with Crippen LogP contribution in [0.2, 0.25) is 0 Å². The molecule has 2 heterocycles. The van der Waals surface area contributed by atoms with E-state index >= 15 is 0 Å². The number of nitrogens with zero attached hydrogens (tertiary/aromatic N) is 3. The molecule has 1 aromatic carbocycles. The number of anilines is 3. The SMILES string of the molecule is Cc1cccc(S(=O)(=O)NCCNc2cc(Nc3cc(C)ccn3)ncn2)c1. The molecule has 0 unspecified atom stereocenters. The number of nitrogens with one attached hydrogen (secondary N) is 3. The third kappa shape index (κ3) is 5.48. The summed E-state index contributed by atoms with van der Waals surface area (Å²) in [7, 11) is -3.53. The molecule has 0 saturated heterocycles.